The van der Waals surface area contributed by atoms with Crippen molar-refractivity contribution < 1.29 is 116 Å². The molecule has 330 valence electrons. The molecule has 0 atom stereocenters. The molecule has 0 fully saturated rings. The summed E-state index contributed by atoms with van der Waals surface area (Å²) in [5.41, 5.74) is 0.780. The number of Topliss-reactive ketones (excluding diaryl/α,β-unsaturated/α-hetero) is 1. The van der Waals surface area contributed by atoms with Crippen LogP contribution < -0.4 is 15.9 Å². The van der Waals surface area contributed by atoms with Gasteiger partial charge in [0.05, 0.1) is 0 Å². The van der Waals surface area contributed by atoms with E-state index in [1.54, 1.807) is 0 Å². The molecule has 0 spiro atoms. The average Bonchev–Trinajstić information content (AvgIpc) is 3.01. The van der Waals surface area contributed by atoms with Gasteiger partial charge >= 0.3 is 214 Å². The van der Waals surface area contributed by atoms with E-state index in [0.717, 1.165) is 5.56 Å². The molecule has 4 rings (SSSR count). The molecule has 0 unspecified atom stereocenters. The van der Waals surface area contributed by atoms with Crippen LogP contribution in [0.25, 0.3) is 0 Å². The Kier molecular flexibility index (Phi) is 28.2. The first-order valence-electron chi connectivity index (χ1n) is 14.1. The van der Waals surface area contributed by atoms with E-state index in [1.807, 2.05) is 48.5 Å². The molecule has 0 saturated carbocycles. The molecular weight excluding hydrogens is 947 g/mol. The Morgan fingerprint density at radius 1 is 0.362 bits per heavy atom. The third-order valence-electron chi connectivity index (χ3n) is 5.32. The van der Waals surface area contributed by atoms with Crippen molar-refractivity contribution in [1.29, 1.82) is 0 Å². The maximum Gasteiger partial charge on any atom is 0.507 e. The Balaban J connectivity index is -0.000000817. The SMILES string of the molecule is O=C(C[PH](c1ccccc1)(c1ccccc1)c1ccccc1)c1ccccc1.O=P(O)(O)F.O=P(O)(O)F.O=P(O)(O)F.O=P(O)(O)F.O=P(O)(O)F.O=P(O)(O)F. The van der Waals surface area contributed by atoms with Crippen LogP contribution in [-0.4, -0.2) is 70.7 Å². The molecule has 0 radical (unpaired) electrons. The Morgan fingerprint density at radius 3 is 0.690 bits per heavy atom. The van der Waals surface area contributed by atoms with Gasteiger partial charge in [0.15, 0.2) is 0 Å². The molecule has 12 N–H and O–H groups in total. The molecule has 0 bridgehead atoms. The molecule has 0 amide bonds. The monoisotopic (exact) mass is 982 g/mol. The average molecular weight is 982 g/mol. The zero-order chi connectivity index (χ0) is 46.2. The molecular formula is C26H35F6O19P7. The normalized spacial score (nSPS) is 11.8. The minimum atomic E-state index is -5.14. The molecule has 0 heterocycles. The zero-order valence-corrected chi connectivity index (χ0v) is 34.8. The molecule has 0 aliphatic heterocycles. The maximum atomic E-state index is 13.4. The van der Waals surface area contributed by atoms with Crippen molar-refractivity contribution in [1.82, 2.24) is 0 Å². The quantitative estimate of drug-likeness (QED) is 0.0695. The van der Waals surface area contributed by atoms with Crippen molar-refractivity contribution in [3.63, 3.8) is 0 Å². The van der Waals surface area contributed by atoms with Crippen molar-refractivity contribution in [2.24, 2.45) is 0 Å². The third kappa shape index (κ3) is 46.2. The summed E-state index contributed by atoms with van der Waals surface area (Å²) in [5.74, 6) is 0.198. The van der Waals surface area contributed by atoms with E-state index in [9.17, 15) is 30.0 Å². The van der Waals surface area contributed by atoms with Crippen LogP contribution in [0.1, 0.15) is 10.4 Å². The molecule has 58 heavy (non-hydrogen) atoms. The number of halogens is 6. The van der Waals surface area contributed by atoms with Crippen molar-refractivity contribution in [2.45, 2.75) is 0 Å². The van der Waals surface area contributed by atoms with Gasteiger partial charge in [0, 0.05) is 0 Å². The molecule has 19 nitrogen and oxygen atoms in total. The first-order chi connectivity index (χ1) is 25.8. The second-order valence-electron chi connectivity index (χ2n) is 9.81. The van der Waals surface area contributed by atoms with Gasteiger partial charge in [-0.2, -0.15) is 0 Å². The van der Waals surface area contributed by atoms with Crippen LogP contribution in [0.3, 0.4) is 0 Å². The predicted octanol–water partition coefficient (Wildman–Crippen LogP) is 4.89. The van der Waals surface area contributed by atoms with E-state index in [1.165, 1.54) is 15.9 Å². The Bertz CT molecular complexity index is 1740. The molecule has 4 aromatic carbocycles. The van der Waals surface area contributed by atoms with E-state index in [0.29, 0.717) is 6.16 Å². The summed E-state index contributed by atoms with van der Waals surface area (Å²) in [6.07, 6.45) is 0.509. The van der Waals surface area contributed by atoms with Gasteiger partial charge < -0.3 is 0 Å². The van der Waals surface area contributed by atoms with Crippen LogP contribution in [0.2, 0.25) is 0 Å². The van der Waals surface area contributed by atoms with Gasteiger partial charge in [0.1, 0.15) is 0 Å². The minimum absolute atomic E-state index is 0.198. The third-order valence-corrected chi connectivity index (χ3v) is 10.1. The first-order valence-corrected chi connectivity index (χ1v) is 25.3. The van der Waals surface area contributed by atoms with Gasteiger partial charge in [-0.15, -0.1) is 25.2 Å². The number of ketones is 1. The molecule has 4 aromatic rings. The van der Waals surface area contributed by atoms with Gasteiger partial charge in [-0.25, -0.2) is 27.4 Å². The fourth-order valence-electron chi connectivity index (χ4n) is 3.94. The predicted molar refractivity (Wildman–Crippen MR) is 201 cm³/mol. The fourth-order valence-corrected chi connectivity index (χ4v) is 8.52. The number of carbonyl (C=O) groups excluding carboxylic acids is 1. The van der Waals surface area contributed by atoms with Crippen molar-refractivity contribution >= 4 is 76.4 Å². The summed E-state index contributed by atoms with van der Waals surface area (Å²) in [7, 11) is -33.4. The van der Waals surface area contributed by atoms with Crippen LogP contribution in [-0.2, 0) is 27.4 Å². The second kappa shape index (κ2) is 27.3. The number of hydrogen-bond donors (Lipinski definition) is 12. The van der Waals surface area contributed by atoms with Crippen LogP contribution in [0.15, 0.2) is 121 Å². The van der Waals surface area contributed by atoms with Crippen LogP contribution in [0, 0.1) is 0 Å². The van der Waals surface area contributed by atoms with Crippen molar-refractivity contribution in [3.05, 3.63) is 127 Å². The summed E-state index contributed by atoms with van der Waals surface area (Å²) in [6.45, 7) is 0. The smallest absolute Gasteiger partial charge is 0.299 e. The second-order valence-corrected chi connectivity index (χ2v) is 19.4. The van der Waals surface area contributed by atoms with E-state index in [4.69, 9.17) is 86.1 Å². The molecule has 0 aromatic heterocycles. The standard InChI is InChI=1S/C26H23OP.6FH2O3P/c27-26(22-13-5-1-6-14-22)21-28(23-15-7-2-8-16-23,24-17-9-3-10-18-24)25-19-11-4-12-20-25;6*1-5(2,3)4/h1-20,28H,21H2;6*(H2,2,3,4). The van der Waals surface area contributed by atoms with Gasteiger partial charge in [-0.3, -0.25) is 58.7 Å². The number of rotatable bonds is 6. The molecule has 0 aliphatic rings. The summed E-state index contributed by atoms with van der Waals surface area (Å²) in [4.78, 5) is 97.0. The van der Waals surface area contributed by atoms with Gasteiger partial charge in [-0.1, -0.05) is 0 Å². The number of benzene rings is 4. The van der Waals surface area contributed by atoms with Crippen molar-refractivity contribution in [3.8, 4) is 0 Å². The Morgan fingerprint density at radius 2 is 0.517 bits per heavy atom. The van der Waals surface area contributed by atoms with Gasteiger partial charge in [0.25, 0.3) is 0 Å². The Labute approximate surface area is 325 Å². The van der Waals surface area contributed by atoms with Gasteiger partial charge in [-0.05, 0) is 0 Å². The topological polar surface area (TPSA) is 362 Å². The zero-order valence-electron chi connectivity index (χ0n) is 28.4. The maximum absolute atomic E-state index is 13.4. The van der Waals surface area contributed by atoms with E-state index < -0.39 is 54.7 Å². The summed E-state index contributed by atoms with van der Waals surface area (Å²) >= 11 is 0. The number of carbonyl (C=O) groups is 1. The van der Waals surface area contributed by atoms with E-state index in [2.05, 4.69) is 72.8 Å². The largest absolute Gasteiger partial charge is 0.507 e. The van der Waals surface area contributed by atoms with Crippen LogP contribution in [0.4, 0.5) is 25.2 Å². The fraction of sp³-hybridized carbons (Fsp3) is 0.0385. The molecule has 32 heteroatoms. The van der Waals surface area contributed by atoms with Crippen molar-refractivity contribution in [2.75, 3.05) is 6.16 Å². The van der Waals surface area contributed by atoms with E-state index in [-0.39, 0.29) is 5.78 Å². The first kappa shape index (κ1) is 59.8. The minimum Gasteiger partial charge on any atom is -0.299 e. The number of hydrogen-bond acceptors (Lipinski definition) is 7. The molecule has 0 aliphatic carbocycles. The van der Waals surface area contributed by atoms with Gasteiger partial charge in [0.2, 0.25) is 0 Å². The van der Waals surface area contributed by atoms with Crippen LogP contribution in [0.5, 0.6) is 0 Å². The van der Waals surface area contributed by atoms with Crippen LogP contribution >= 0.6 is 54.7 Å². The summed E-state index contributed by atoms with van der Waals surface area (Å²) in [6, 6.07) is 41.4. The summed E-state index contributed by atoms with van der Waals surface area (Å²) in [5, 5.41) is 3.78. The Hall–Kier alpha value is -2.54. The summed E-state index contributed by atoms with van der Waals surface area (Å²) < 4.78 is 114. The molecule has 0 saturated heterocycles. The van der Waals surface area contributed by atoms with E-state index >= 15 is 0 Å².